The molecule has 0 aliphatic rings. The summed E-state index contributed by atoms with van der Waals surface area (Å²) in [5.74, 6) is 0. The highest BCUT2D eigenvalue weighted by Gasteiger charge is 1.91. The van der Waals surface area contributed by atoms with E-state index >= 15 is 0 Å². The lowest BCUT2D eigenvalue weighted by atomic mass is 10.2. The van der Waals surface area contributed by atoms with Crippen molar-refractivity contribution in [2.24, 2.45) is 0 Å². The van der Waals surface area contributed by atoms with Crippen LogP contribution in [0, 0.1) is 0 Å². The Balaban J connectivity index is 2.81. The molecule has 1 heterocycles. The average molecular weight is 147 g/mol. The molecule has 0 spiro atoms. The van der Waals surface area contributed by atoms with Crippen molar-refractivity contribution >= 4 is 6.29 Å². The van der Waals surface area contributed by atoms with E-state index < -0.39 is 0 Å². The van der Waals surface area contributed by atoms with Gasteiger partial charge in [0, 0.05) is 23.9 Å². The van der Waals surface area contributed by atoms with Crippen molar-refractivity contribution in [3.63, 3.8) is 0 Å². The molecule has 0 bridgehead atoms. The molecule has 2 heteroatoms. The molecule has 0 aliphatic carbocycles. The molecular weight excluding hydrogens is 138 g/mol. The van der Waals surface area contributed by atoms with Gasteiger partial charge in [-0.25, -0.2) is 0 Å². The monoisotopic (exact) mass is 147 g/mol. The summed E-state index contributed by atoms with van der Waals surface area (Å²) < 4.78 is 0. The predicted octanol–water partition coefficient (Wildman–Crippen LogP) is 1.62. The van der Waals surface area contributed by atoms with Crippen molar-refractivity contribution in [2.75, 3.05) is 0 Å². The fourth-order valence-electron chi connectivity index (χ4n) is 0.774. The molecule has 56 valence electrons. The van der Waals surface area contributed by atoms with Crippen LogP contribution in [-0.2, 0) is 6.42 Å². The molecular formula is C9H9NO. The fourth-order valence-corrected chi connectivity index (χ4v) is 0.774. The lowest BCUT2D eigenvalue weighted by Gasteiger charge is -1.93. The molecule has 0 aromatic carbocycles. The Morgan fingerprint density at radius 3 is 2.82 bits per heavy atom. The molecule has 0 atom stereocenters. The molecule has 2 nitrogen and oxygen atoms in total. The van der Waals surface area contributed by atoms with Crippen molar-refractivity contribution in [3.8, 4) is 0 Å². The second-order valence-electron chi connectivity index (χ2n) is 2.19. The number of carbonyl (C=O) groups is 1. The van der Waals surface area contributed by atoms with E-state index in [0.29, 0.717) is 5.56 Å². The molecule has 1 aromatic rings. The Labute approximate surface area is 65.6 Å². The highest BCUT2D eigenvalue weighted by atomic mass is 16.1. The molecule has 0 fully saturated rings. The van der Waals surface area contributed by atoms with Gasteiger partial charge in [0.05, 0.1) is 0 Å². The van der Waals surface area contributed by atoms with Gasteiger partial charge in [-0.1, -0.05) is 6.08 Å². The van der Waals surface area contributed by atoms with Gasteiger partial charge >= 0.3 is 0 Å². The standard InChI is InChI=1S/C9H9NO/c1-2-3-9-5-4-8(7-11)6-10-9/h2,4-7H,1,3H2. The number of nitrogens with zero attached hydrogens (tertiary/aromatic N) is 1. The first kappa shape index (κ1) is 7.66. The van der Waals surface area contributed by atoms with E-state index in [2.05, 4.69) is 11.6 Å². The third-order valence-electron chi connectivity index (χ3n) is 1.34. The first-order chi connectivity index (χ1) is 5.36. The van der Waals surface area contributed by atoms with E-state index in [1.54, 1.807) is 18.3 Å². The maximum absolute atomic E-state index is 10.2. The van der Waals surface area contributed by atoms with Gasteiger partial charge in [-0.2, -0.15) is 0 Å². The van der Waals surface area contributed by atoms with Crippen LogP contribution in [0.25, 0.3) is 0 Å². The summed E-state index contributed by atoms with van der Waals surface area (Å²) in [7, 11) is 0. The molecule has 0 saturated carbocycles. The van der Waals surface area contributed by atoms with Gasteiger partial charge in [0.1, 0.15) is 0 Å². The van der Waals surface area contributed by atoms with Crippen molar-refractivity contribution in [2.45, 2.75) is 6.42 Å². The molecule has 0 aliphatic heterocycles. The molecule has 0 amide bonds. The zero-order valence-corrected chi connectivity index (χ0v) is 6.16. The molecule has 1 rings (SSSR count). The molecule has 0 unspecified atom stereocenters. The normalized spacial score (nSPS) is 9.09. The van der Waals surface area contributed by atoms with Crippen molar-refractivity contribution in [3.05, 3.63) is 42.2 Å². The molecule has 11 heavy (non-hydrogen) atoms. The fraction of sp³-hybridized carbons (Fsp3) is 0.111. The molecule has 0 N–H and O–H groups in total. The zero-order valence-electron chi connectivity index (χ0n) is 6.16. The van der Waals surface area contributed by atoms with Crippen molar-refractivity contribution < 1.29 is 4.79 Å². The Kier molecular flexibility index (Phi) is 2.55. The van der Waals surface area contributed by atoms with Crippen molar-refractivity contribution in [1.29, 1.82) is 0 Å². The number of aromatic nitrogens is 1. The first-order valence-electron chi connectivity index (χ1n) is 3.38. The van der Waals surface area contributed by atoms with Crippen LogP contribution in [0.15, 0.2) is 31.0 Å². The Morgan fingerprint density at radius 2 is 2.36 bits per heavy atom. The topological polar surface area (TPSA) is 30.0 Å². The maximum atomic E-state index is 10.2. The number of rotatable bonds is 3. The zero-order chi connectivity index (χ0) is 8.10. The Morgan fingerprint density at radius 1 is 1.55 bits per heavy atom. The van der Waals surface area contributed by atoms with Gasteiger partial charge in [0.2, 0.25) is 0 Å². The summed E-state index contributed by atoms with van der Waals surface area (Å²) in [6.45, 7) is 3.59. The number of aldehydes is 1. The minimum atomic E-state index is 0.609. The predicted molar refractivity (Wildman–Crippen MR) is 43.5 cm³/mol. The quantitative estimate of drug-likeness (QED) is 0.480. The number of pyridine rings is 1. The van der Waals surface area contributed by atoms with Gasteiger partial charge in [-0.3, -0.25) is 9.78 Å². The summed E-state index contributed by atoms with van der Waals surface area (Å²) in [5.41, 5.74) is 1.54. The average Bonchev–Trinajstić information content (AvgIpc) is 2.07. The molecule has 0 radical (unpaired) electrons. The number of allylic oxidation sites excluding steroid dienone is 1. The van der Waals surface area contributed by atoms with Gasteiger partial charge in [-0.05, 0) is 12.1 Å². The van der Waals surface area contributed by atoms with Crippen molar-refractivity contribution in [1.82, 2.24) is 4.98 Å². The minimum Gasteiger partial charge on any atom is -0.298 e. The van der Waals surface area contributed by atoms with Crippen LogP contribution in [0.1, 0.15) is 16.1 Å². The minimum absolute atomic E-state index is 0.609. The Bertz CT molecular complexity index is 251. The summed E-state index contributed by atoms with van der Waals surface area (Å²) in [6, 6.07) is 3.57. The van der Waals surface area contributed by atoms with Crippen LogP contribution < -0.4 is 0 Å². The maximum Gasteiger partial charge on any atom is 0.151 e. The largest absolute Gasteiger partial charge is 0.298 e. The van der Waals surface area contributed by atoms with Gasteiger partial charge in [0.25, 0.3) is 0 Å². The highest BCUT2D eigenvalue weighted by molar-refractivity contribution is 5.73. The summed E-state index contributed by atoms with van der Waals surface area (Å²) in [4.78, 5) is 14.3. The number of carbonyl (C=O) groups excluding carboxylic acids is 1. The van der Waals surface area contributed by atoms with E-state index in [1.165, 1.54) is 0 Å². The Hall–Kier alpha value is -1.44. The van der Waals surface area contributed by atoms with Crippen LogP contribution in [-0.4, -0.2) is 11.3 Å². The smallest absolute Gasteiger partial charge is 0.151 e. The van der Waals surface area contributed by atoms with Crippen LogP contribution in [0.4, 0.5) is 0 Å². The van der Waals surface area contributed by atoms with Crippen LogP contribution >= 0.6 is 0 Å². The van der Waals surface area contributed by atoms with Crippen LogP contribution in [0.2, 0.25) is 0 Å². The highest BCUT2D eigenvalue weighted by Crippen LogP contribution is 1.98. The third kappa shape index (κ3) is 2.00. The van der Waals surface area contributed by atoms with E-state index in [-0.39, 0.29) is 0 Å². The van der Waals surface area contributed by atoms with Gasteiger partial charge in [-0.15, -0.1) is 6.58 Å². The van der Waals surface area contributed by atoms with E-state index in [1.807, 2.05) is 6.07 Å². The van der Waals surface area contributed by atoms with E-state index in [0.717, 1.165) is 18.4 Å². The lowest BCUT2D eigenvalue weighted by molar-refractivity contribution is 0.112. The molecule has 0 saturated heterocycles. The van der Waals surface area contributed by atoms with Crippen LogP contribution in [0.5, 0.6) is 0 Å². The lowest BCUT2D eigenvalue weighted by Crippen LogP contribution is -1.88. The van der Waals surface area contributed by atoms with E-state index in [9.17, 15) is 4.79 Å². The summed E-state index contributed by atoms with van der Waals surface area (Å²) >= 11 is 0. The number of hydrogen-bond donors (Lipinski definition) is 0. The molecule has 1 aromatic heterocycles. The SMILES string of the molecule is C=CCc1ccc(C=O)cn1. The van der Waals surface area contributed by atoms with Gasteiger partial charge < -0.3 is 0 Å². The van der Waals surface area contributed by atoms with Gasteiger partial charge in [0.15, 0.2) is 6.29 Å². The second kappa shape index (κ2) is 3.66. The van der Waals surface area contributed by atoms with Crippen LogP contribution in [0.3, 0.4) is 0 Å². The second-order valence-corrected chi connectivity index (χ2v) is 2.19. The first-order valence-corrected chi connectivity index (χ1v) is 3.38. The summed E-state index contributed by atoms with van der Waals surface area (Å²) in [5, 5.41) is 0. The van der Waals surface area contributed by atoms with E-state index in [4.69, 9.17) is 0 Å². The number of hydrogen-bond acceptors (Lipinski definition) is 2. The third-order valence-corrected chi connectivity index (χ3v) is 1.34. The summed E-state index contributed by atoms with van der Waals surface area (Å²) in [6.07, 6.45) is 4.87.